The van der Waals surface area contributed by atoms with Gasteiger partial charge < -0.3 is 15.2 Å². The van der Waals surface area contributed by atoms with Crippen molar-refractivity contribution in [1.82, 2.24) is 0 Å². The molecule has 0 aliphatic carbocycles. The number of hydrogen-bond donors (Lipinski definition) is 3. The van der Waals surface area contributed by atoms with Crippen molar-refractivity contribution in [2.75, 3.05) is 12.4 Å². The predicted molar refractivity (Wildman–Crippen MR) is 97.0 cm³/mol. The summed E-state index contributed by atoms with van der Waals surface area (Å²) in [5, 5.41) is 11.5. The molecule has 3 rings (SSSR count). The fraction of sp³-hybridized carbons (Fsp3) is 0.167. The first-order valence-corrected chi connectivity index (χ1v) is 9.18. The molecule has 0 saturated carbocycles. The van der Waals surface area contributed by atoms with E-state index in [0.717, 1.165) is 5.56 Å². The van der Waals surface area contributed by atoms with E-state index >= 15 is 0 Å². The molecule has 1 aliphatic heterocycles. The summed E-state index contributed by atoms with van der Waals surface area (Å²) in [5.41, 5.74) is 1.08. The van der Waals surface area contributed by atoms with Crippen molar-refractivity contribution >= 4 is 27.3 Å². The fourth-order valence-electron chi connectivity index (χ4n) is 2.81. The third-order valence-electron chi connectivity index (χ3n) is 4.13. The zero-order chi connectivity index (χ0) is 19.1. The molecule has 0 radical (unpaired) electrons. The number of Topliss-reactive ketones (excluding diaryl/α,β-unsaturated/α-hetero) is 1. The van der Waals surface area contributed by atoms with Gasteiger partial charge in [0.15, 0.2) is 11.2 Å². The molecule has 3 N–H and O–H groups in total. The molecule has 26 heavy (non-hydrogen) atoms. The number of aryl methyl sites for hydroxylation is 1. The molecular weight excluding hydrogens is 358 g/mol. The number of ketones is 1. The zero-order valence-corrected chi connectivity index (χ0v) is 14.9. The van der Waals surface area contributed by atoms with E-state index in [1.807, 2.05) is 0 Å². The molecule has 7 nitrogen and oxygen atoms in total. The van der Waals surface area contributed by atoms with Crippen LogP contribution < -0.4 is 10.1 Å². The fourth-order valence-corrected chi connectivity index (χ4v) is 3.60. The molecule has 2 aromatic carbocycles. The summed E-state index contributed by atoms with van der Waals surface area (Å²) in [6.45, 7) is 1.79. The second-order valence-corrected chi connectivity index (χ2v) is 7.41. The molecule has 1 aliphatic rings. The van der Waals surface area contributed by atoms with Gasteiger partial charge in [0.25, 0.3) is 10.1 Å². The second-order valence-electron chi connectivity index (χ2n) is 5.91. The summed E-state index contributed by atoms with van der Waals surface area (Å²) in [6.07, 6.45) is 0. The van der Waals surface area contributed by atoms with Crippen LogP contribution in [-0.2, 0) is 10.1 Å². The highest BCUT2D eigenvalue weighted by atomic mass is 32.2. The quantitative estimate of drug-likeness (QED) is 0.429. The van der Waals surface area contributed by atoms with Crippen LogP contribution in [0.1, 0.15) is 21.5 Å². The molecule has 136 valence electrons. The standard InChI is InChI=1S/C18H17NO6S/c1-10-3-8-14-13(9-10)17(21)15(18(19-14)26(22,23)24)16(20)11-4-6-12(25-2)7-5-11/h3-9,18-20H,1-2H3,(H,22,23,24). The van der Waals surface area contributed by atoms with E-state index in [9.17, 15) is 22.9 Å². The number of hydrogen-bond acceptors (Lipinski definition) is 6. The van der Waals surface area contributed by atoms with Crippen molar-refractivity contribution in [2.45, 2.75) is 12.3 Å². The van der Waals surface area contributed by atoms with Gasteiger partial charge in [0.1, 0.15) is 11.5 Å². The van der Waals surface area contributed by atoms with E-state index in [0.29, 0.717) is 5.75 Å². The minimum atomic E-state index is -4.70. The largest absolute Gasteiger partial charge is 0.507 e. The first kappa shape index (κ1) is 18.0. The van der Waals surface area contributed by atoms with E-state index in [1.165, 1.54) is 19.2 Å². The van der Waals surface area contributed by atoms with Crippen molar-refractivity contribution in [3.8, 4) is 5.75 Å². The highest BCUT2D eigenvalue weighted by Crippen LogP contribution is 2.34. The Morgan fingerprint density at radius 3 is 2.38 bits per heavy atom. The second kappa shape index (κ2) is 6.47. The molecule has 1 unspecified atom stereocenters. The lowest BCUT2D eigenvalue weighted by Gasteiger charge is -2.27. The maximum absolute atomic E-state index is 12.9. The van der Waals surface area contributed by atoms with Gasteiger partial charge in [-0.2, -0.15) is 8.42 Å². The van der Waals surface area contributed by atoms with Crippen LogP contribution in [0.2, 0.25) is 0 Å². The Labute approximate surface area is 150 Å². The van der Waals surface area contributed by atoms with Crippen molar-refractivity contribution in [3.05, 3.63) is 64.7 Å². The number of fused-ring (bicyclic) bond motifs is 1. The maximum atomic E-state index is 12.9. The number of benzene rings is 2. The number of rotatable bonds is 3. The highest BCUT2D eigenvalue weighted by Gasteiger charge is 2.40. The van der Waals surface area contributed by atoms with E-state index in [2.05, 4.69) is 5.32 Å². The van der Waals surface area contributed by atoms with Gasteiger partial charge in [-0.15, -0.1) is 0 Å². The van der Waals surface area contributed by atoms with E-state index in [4.69, 9.17) is 4.74 Å². The van der Waals surface area contributed by atoms with Crippen molar-refractivity contribution < 1.29 is 27.6 Å². The number of carbonyl (C=O) groups excluding carboxylic acids is 1. The topological polar surface area (TPSA) is 113 Å². The van der Waals surface area contributed by atoms with Gasteiger partial charge >= 0.3 is 0 Å². The van der Waals surface area contributed by atoms with Crippen molar-refractivity contribution in [1.29, 1.82) is 0 Å². The third-order valence-corrected chi connectivity index (χ3v) is 5.08. The molecule has 0 fully saturated rings. The number of aliphatic hydroxyl groups excluding tert-OH is 1. The van der Waals surface area contributed by atoms with Gasteiger partial charge in [-0.05, 0) is 43.3 Å². The average molecular weight is 375 g/mol. The first-order chi connectivity index (χ1) is 12.2. The van der Waals surface area contributed by atoms with E-state index in [1.54, 1.807) is 37.3 Å². The summed E-state index contributed by atoms with van der Waals surface area (Å²) in [6, 6.07) is 11.0. The van der Waals surface area contributed by atoms with Crippen LogP contribution in [0.4, 0.5) is 5.69 Å². The summed E-state index contributed by atoms with van der Waals surface area (Å²) < 4.78 is 38.3. The molecule has 2 aromatic rings. The number of carbonyl (C=O) groups is 1. The number of aliphatic hydroxyl groups is 1. The van der Waals surface area contributed by atoms with Gasteiger partial charge in [0.05, 0.1) is 12.7 Å². The molecule has 0 aromatic heterocycles. The predicted octanol–water partition coefficient (Wildman–Crippen LogP) is 2.80. The zero-order valence-electron chi connectivity index (χ0n) is 14.1. The summed E-state index contributed by atoms with van der Waals surface area (Å²) in [4.78, 5) is 12.9. The Morgan fingerprint density at radius 1 is 1.15 bits per heavy atom. The van der Waals surface area contributed by atoms with Crippen LogP contribution in [0.5, 0.6) is 5.75 Å². The Kier molecular flexibility index (Phi) is 4.47. The summed E-state index contributed by atoms with van der Waals surface area (Å²) in [5.74, 6) is -0.662. The van der Waals surface area contributed by atoms with Crippen LogP contribution >= 0.6 is 0 Å². The van der Waals surface area contributed by atoms with Gasteiger partial charge in [-0.1, -0.05) is 11.6 Å². The highest BCUT2D eigenvalue weighted by molar-refractivity contribution is 7.86. The Hall–Kier alpha value is -2.84. The minimum Gasteiger partial charge on any atom is -0.507 e. The minimum absolute atomic E-state index is 0.222. The lowest BCUT2D eigenvalue weighted by Crippen LogP contribution is -2.39. The molecule has 0 saturated heterocycles. The Balaban J connectivity index is 2.21. The molecular formula is C18H17NO6S. The molecule has 1 atom stereocenters. The maximum Gasteiger partial charge on any atom is 0.290 e. The smallest absolute Gasteiger partial charge is 0.290 e. The SMILES string of the molecule is COc1ccc(C(O)=C2C(=O)c3cc(C)ccc3NC2S(=O)(=O)O)cc1. The van der Waals surface area contributed by atoms with Crippen molar-refractivity contribution in [3.63, 3.8) is 0 Å². The lowest BCUT2D eigenvalue weighted by molar-refractivity contribution is 0.102. The van der Waals surface area contributed by atoms with Crippen LogP contribution in [0.3, 0.4) is 0 Å². The first-order valence-electron chi connectivity index (χ1n) is 7.68. The van der Waals surface area contributed by atoms with Crippen molar-refractivity contribution in [2.24, 2.45) is 0 Å². The monoisotopic (exact) mass is 375 g/mol. The average Bonchev–Trinajstić information content (AvgIpc) is 2.61. The molecule has 8 heteroatoms. The van der Waals surface area contributed by atoms with Gasteiger partial charge in [-0.25, -0.2) is 0 Å². The Bertz CT molecular complexity index is 1010. The van der Waals surface area contributed by atoms with Gasteiger partial charge in [0.2, 0.25) is 0 Å². The van der Waals surface area contributed by atoms with Crippen LogP contribution in [0, 0.1) is 6.92 Å². The van der Waals surface area contributed by atoms with Crippen LogP contribution in [0.25, 0.3) is 5.76 Å². The van der Waals surface area contributed by atoms with E-state index < -0.39 is 32.6 Å². The molecule has 0 bridgehead atoms. The van der Waals surface area contributed by atoms with Gasteiger partial charge in [0, 0.05) is 16.8 Å². The Morgan fingerprint density at radius 2 is 1.81 bits per heavy atom. The molecule has 0 spiro atoms. The summed E-state index contributed by atoms with van der Waals surface area (Å²) >= 11 is 0. The lowest BCUT2D eigenvalue weighted by atomic mass is 9.93. The van der Waals surface area contributed by atoms with Crippen LogP contribution in [0.15, 0.2) is 48.0 Å². The number of anilines is 1. The van der Waals surface area contributed by atoms with Gasteiger partial charge in [-0.3, -0.25) is 9.35 Å². The number of ether oxygens (including phenoxy) is 1. The molecule has 1 heterocycles. The third kappa shape index (κ3) is 3.16. The number of nitrogens with one attached hydrogen (secondary N) is 1. The molecule has 0 amide bonds. The van der Waals surface area contributed by atoms with Crippen LogP contribution in [-0.4, -0.2) is 36.3 Å². The summed E-state index contributed by atoms with van der Waals surface area (Å²) in [7, 11) is -3.22. The normalized spacial score (nSPS) is 18.7. The number of methoxy groups -OCH3 is 1. The van der Waals surface area contributed by atoms with E-state index in [-0.39, 0.29) is 16.8 Å².